The fraction of sp³-hybridized carbons (Fsp3) is 0.105. The minimum absolute atomic E-state index is 0.118. The molecule has 0 aliphatic heterocycles. The van der Waals surface area contributed by atoms with Gasteiger partial charge >= 0.3 is 0 Å². The lowest BCUT2D eigenvalue weighted by atomic mass is 10.2. The number of nitrogens with zero attached hydrogens (tertiary/aromatic N) is 2. The van der Waals surface area contributed by atoms with Gasteiger partial charge in [0.1, 0.15) is 11.5 Å². The van der Waals surface area contributed by atoms with Crippen LogP contribution in [0.1, 0.15) is 21.7 Å². The summed E-state index contributed by atoms with van der Waals surface area (Å²) in [4.78, 5) is 20.5. The summed E-state index contributed by atoms with van der Waals surface area (Å²) in [7, 11) is 0. The van der Waals surface area contributed by atoms with E-state index in [-0.39, 0.29) is 24.0 Å². The Morgan fingerprint density at radius 3 is 2.52 bits per heavy atom. The van der Waals surface area contributed by atoms with Crippen LogP contribution < -0.4 is 10.6 Å². The highest BCUT2D eigenvalue weighted by Gasteiger charge is 2.08. The highest BCUT2D eigenvalue weighted by Crippen LogP contribution is 2.09. The van der Waals surface area contributed by atoms with Crippen LogP contribution in [0, 0.1) is 5.82 Å². The van der Waals surface area contributed by atoms with E-state index in [1.165, 1.54) is 6.07 Å². The molecule has 2 N–H and O–H groups in total. The molecule has 25 heavy (non-hydrogen) atoms. The van der Waals surface area contributed by atoms with E-state index in [0.29, 0.717) is 12.1 Å². The molecule has 3 aromatic rings. The summed E-state index contributed by atoms with van der Waals surface area (Å²) >= 11 is 0. The molecule has 6 heteroatoms. The molecule has 0 saturated heterocycles. The molecule has 3 rings (SSSR count). The summed E-state index contributed by atoms with van der Waals surface area (Å²) in [6.07, 6.45) is 3.32. The SMILES string of the molecule is O=C(NCc1ccccc1F)c1ccc(NCc2ccccn2)cn1. The van der Waals surface area contributed by atoms with Crippen molar-refractivity contribution in [2.75, 3.05) is 5.32 Å². The maximum Gasteiger partial charge on any atom is 0.270 e. The van der Waals surface area contributed by atoms with Crippen molar-refractivity contribution >= 4 is 11.6 Å². The van der Waals surface area contributed by atoms with Gasteiger partial charge < -0.3 is 10.6 Å². The zero-order valence-electron chi connectivity index (χ0n) is 13.4. The second kappa shape index (κ2) is 8.01. The van der Waals surface area contributed by atoms with Crippen LogP contribution in [0.4, 0.5) is 10.1 Å². The van der Waals surface area contributed by atoms with Gasteiger partial charge in [-0.05, 0) is 30.3 Å². The van der Waals surface area contributed by atoms with Crippen LogP contribution >= 0.6 is 0 Å². The van der Waals surface area contributed by atoms with Crippen LogP contribution in [0.3, 0.4) is 0 Å². The van der Waals surface area contributed by atoms with Gasteiger partial charge in [-0.2, -0.15) is 0 Å². The van der Waals surface area contributed by atoms with Gasteiger partial charge in [0.15, 0.2) is 0 Å². The second-order valence-corrected chi connectivity index (χ2v) is 5.38. The Morgan fingerprint density at radius 2 is 1.80 bits per heavy atom. The zero-order chi connectivity index (χ0) is 17.5. The number of hydrogen-bond acceptors (Lipinski definition) is 4. The number of rotatable bonds is 6. The van der Waals surface area contributed by atoms with Crippen LogP contribution in [-0.2, 0) is 13.1 Å². The molecular formula is C19H17FN4O. The van der Waals surface area contributed by atoms with E-state index >= 15 is 0 Å². The van der Waals surface area contributed by atoms with Crippen molar-refractivity contribution in [3.63, 3.8) is 0 Å². The molecule has 0 spiro atoms. The van der Waals surface area contributed by atoms with Crippen molar-refractivity contribution in [2.24, 2.45) is 0 Å². The van der Waals surface area contributed by atoms with E-state index in [0.717, 1.165) is 11.4 Å². The minimum atomic E-state index is -0.348. The summed E-state index contributed by atoms with van der Waals surface area (Å²) in [6, 6.07) is 15.4. The van der Waals surface area contributed by atoms with Gasteiger partial charge in [-0.3, -0.25) is 9.78 Å². The molecule has 2 heterocycles. The number of halogens is 1. The lowest BCUT2D eigenvalue weighted by Gasteiger charge is -2.08. The lowest BCUT2D eigenvalue weighted by molar-refractivity contribution is 0.0945. The molecule has 0 aliphatic rings. The van der Waals surface area contributed by atoms with Crippen molar-refractivity contribution < 1.29 is 9.18 Å². The number of pyridine rings is 2. The smallest absolute Gasteiger partial charge is 0.270 e. The molecule has 0 radical (unpaired) electrons. The van der Waals surface area contributed by atoms with Crippen molar-refractivity contribution in [3.8, 4) is 0 Å². The summed E-state index contributed by atoms with van der Waals surface area (Å²) in [5.74, 6) is -0.690. The zero-order valence-corrected chi connectivity index (χ0v) is 13.4. The van der Waals surface area contributed by atoms with Crippen LogP contribution in [-0.4, -0.2) is 15.9 Å². The van der Waals surface area contributed by atoms with Gasteiger partial charge in [0, 0.05) is 18.3 Å². The number of carbonyl (C=O) groups is 1. The Morgan fingerprint density at radius 1 is 0.960 bits per heavy atom. The normalized spacial score (nSPS) is 10.3. The fourth-order valence-electron chi connectivity index (χ4n) is 2.24. The Balaban J connectivity index is 1.54. The standard InChI is InChI=1S/C19H17FN4O/c20-17-7-2-1-5-14(17)11-24-19(25)18-9-8-16(13-23-18)22-12-15-6-3-4-10-21-15/h1-10,13,22H,11-12H2,(H,24,25). The first-order valence-corrected chi connectivity index (χ1v) is 7.84. The van der Waals surface area contributed by atoms with E-state index < -0.39 is 0 Å². The Bertz CT molecular complexity index is 838. The van der Waals surface area contributed by atoms with Gasteiger partial charge in [-0.15, -0.1) is 0 Å². The predicted molar refractivity (Wildman–Crippen MR) is 93.4 cm³/mol. The maximum atomic E-state index is 13.5. The third-order valence-corrected chi connectivity index (χ3v) is 3.59. The minimum Gasteiger partial charge on any atom is -0.378 e. The molecule has 0 saturated carbocycles. The Hall–Kier alpha value is -3.28. The Kier molecular flexibility index (Phi) is 5.31. The van der Waals surface area contributed by atoms with E-state index in [9.17, 15) is 9.18 Å². The first-order chi connectivity index (χ1) is 12.2. The van der Waals surface area contributed by atoms with Crippen LogP contribution in [0.15, 0.2) is 67.0 Å². The molecule has 0 aliphatic carbocycles. The highest BCUT2D eigenvalue weighted by atomic mass is 19.1. The quantitative estimate of drug-likeness (QED) is 0.726. The fourth-order valence-corrected chi connectivity index (χ4v) is 2.24. The Labute approximate surface area is 145 Å². The molecule has 1 amide bonds. The maximum absolute atomic E-state index is 13.5. The van der Waals surface area contributed by atoms with E-state index in [2.05, 4.69) is 20.6 Å². The molecule has 0 atom stereocenters. The molecule has 0 unspecified atom stereocenters. The van der Waals surface area contributed by atoms with E-state index in [1.807, 2.05) is 18.2 Å². The summed E-state index contributed by atoms with van der Waals surface area (Å²) in [6.45, 7) is 0.689. The number of nitrogens with one attached hydrogen (secondary N) is 2. The lowest BCUT2D eigenvalue weighted by Crippen LogP contribution is -2.24. The molecular weight excluding hydrogens is 319 g/mol. The monoisotopic (exact) mass is 336 g/mol. The molecule has 126 valence electrons. The number of aromatic nitrogens is 2. The van der Waals surface area contributed by atoms with Gasteiger partial charge in [-0.1, -0.05) is 24.3 Å². The first kappa shape index (κ1) is 16.6. The van der Waals surface area contributed by atoms with Crippen LogP contribution in [0.5, 0.6) is 0 Å². The van der Waals surface area contributed by atoms with Gasteiger partial charge in [0.25, 0.3) is 5.91 Å². The third-order valence-electron chi connectivity index (χ3n) is 3.59. The number of anilines is 1. The largest absolute Gasteiger partial charge is 0.378 e. The van der Waals surface area contributed by atoms with Crippen molar-refractivity contribution in [3.05, 3.63) is 89.8 Å². The van der Waals surface area contributed by atoms with Crippen molar-refractivity contribution in [1.29, 1.82) is 0 Å². The first-order valence-electron chi connectivity index (χ1n) is 7.84. The van der Waals surface area contributed by atoms with Gasteiger partial charge in [0.05, 0.1) is 24.1 Å². The average Bonchev–Trinajstić information content (AvgIpc) is 2.67. The molecule has 2 aromatic heterocycles. The van der Waals surface area contributed by atoms with Crippen LogP contribution in [0.2, 0.25) is 0 Å². The molecule has 0 bridgehead atoms. The number of carbonyl (C=O) groups excluding carboxylic acids is 1. The number of amides is 1. The van der Waals surface area contributed by atoms with Crippen molar-refractivity contribution in [2.45, 2.75) is 13.1 Å². The summed E-state index contributed by atoms with van der Waals surface area (Å²) < 4.78 is 13.5. The summed E-state index contributed by atoms with van der Waals surface area (Å²) in [5, 5.41) is 5.85. The average molecular weight is 336 g/mol. The highest BCUT2D eigenvalue weighted by molar-refractivity contribution is 5.92. The van der Waals surface area contributed by atoms with E-state index in [4.69, 9.17) is 0 Å². The number of benzene rings is 1. The molecule has 1 aromatic carbocycles. The van der Waals surface area contributed by atoms with Crippen molar-refractivity contribution in [1.82, 2.24) is 15.3 Å². The predicted octanol–water partition coefficient (Wildman–Crippen LogP) is 3.16. The van der Waals surface area contributed by atoms with Gasteiger partial charge in [-0.25, -0.2) is 9.37 Å². The summed E-state index contributed by atoms with van der Waals surface area (Å²) in [5.41, 5.74) is 2.41. The molecule has 5 nitrogen and oxygen atoms in total. The number of hydrogen-bond donors (Lipinski definition) is 2. The third kappa shape index (κ3) is 4.60. The second-order valence-electron chi connectivity index (χ2n) is 5.38. The van der Waals surface area contributed by atoms with Gasteiger partial charge in [0.2, 0.25) is 0 Å². The molecule has 0 fully saturated rings. The topological polar surface area (TPSA) is 66.9 Å². The van der Waals surface area contributed by atoms with E-state index in [1.54, 1.807) is 42.7 Å². The van der Waals surface area contributed by atoms with Crippen LogP contribution in [0.25, 0.3) is 0 Å².